The normalized spacial score (nSPS) is 16.8. The van der Waals surface area contributed by atoms with Crippen LogP contribution in [0.2, 0.25) is 0 Å². The molecule has 0 bridgehead atoms. The van der Waals surface area contributed by atoms with E-state index in [1.54, 1.807) is 4.90 Å². The van der Waals surface area contributed by atoms with Crippen LogP contribution in [-0.4, -0.2) is 19.6 Å². The van der Waals surface area contributed by atoms with Gasteiger partial charge in [-0.25, -0.2) is 0 Å². The molecule has 0 N–H and O–H groups in total. The van der Waals surface area contributed by atoms with Crippen LogP contribution in [0.25, 0.3) is 0 Å². The predicted octanol–water partition coefficient (Wildman–Crippen LogP) is 4.15. The first-order valence-electron chi connectivity index (χ1n) is 7.39. The fourth-order valence-corrected chi connectivity index (χ4v) is 3.34. The lowest BCUT2D eigenvalue weighted by molar-refractivity contribution is -0.119. The second kappa shape index (κ2) is 6.13. The minimum Gasteiger partial charge on any atom is -0.494 e. The first-order chi connectivity index (χ1) is 10.6. The van der Waals surface area contributed by atoms with Crippen molar-refractivity contribution in [2.75, 3.05) is 18.6 Å². The Morgan fingerprint density at radius 2 is 2.05 bits per heavy atom. The zero-order valence-corrected chi connectivity index (χ0v) is 14.3. The predicted molar refractivity (Wildman–Crippen MR) is 91.6 cm³/mol. The van der Waals surface area contributed by atoms with E-state index in [-0.39, 0.29) is 11.8 Å². The Hall–Kier alpha value is -1.81. The van der Waals surface area contributed by atoms with E-state index in [0.717, 1.165) is 27.0 Å². The third-order valence-corrected chi connectivity index (χ3v) is 4.50. The largest absolute Gasteiger partial charge is 0.494 e. The van der Waals surface area contributed by atoms with Crippen molar-refractivity contribution in [2.24, 2.45) is 0 Å². The van der Waals surface area contributed by atoms with E-state index in [1.807, 2.05) is 56.4 Å². The maximum Gasteiger partial charge on any atom is 0.234 e. The van der Waals surface area contributed by atoms with Gasteiger partial charge in [0.05, 0.1) is 12.5 Å². The summed E-state index contributed by atoms with van der Waals surface area (Å²) in [6, 6.07) is 14.0. The molecule has 0 saturated carbocycles. The zero-order valence-electron chi connectivity index (χ0n) is 12.7. The van der Waals surface area contributed by atoms with Crippen molar-refractivity contribution in [3.8, 4) is 5.75 Å². The number of nitrogens with zero attached hydrogens (tertiary/aromatic N) is 1. The Kier molecular flexibility index (Phi) is 4.21. The highest BCUT2D eigenvalue weighted by atomic mass is 79.9. The first kappa shape index (κ1) is 15.1. The average Bonchev–Trinajstić information content (AvgIpc) is 2.73. The molecule has 1 aliphatic heterocycles. The first-order valence-corrected chi connectivity index (χ1v) is 8.18. The summed E-state index contributed by atoms with van der Waals surface area (Å²) >= 11 is 3.50. The molecule has 2 aromatic rings. The Morgan fingerprint density at radius 1 is 1.23 bits per heavy atom. The summed E-state index contributed by atoms with van der Waals surface area (Å²) < 4.78 is 6.55. The molecule has 1 unspecified atom stereocenters. The highest BCUT2D eigenvalue weighted by Gasteiger charge is 2.35. The number of carbonyl (C=O) groups excluding carboxylic acids is 1. The number of carbonyl (C=O) groups is 1. The number of hydrogen-bond donors (Lipinski definition) is 0. The molecule has 4 heteroatoms. The molecule has 3 rings (SSSR count). The lowest BCUT2D eigenvalue weighted by Gasteiger charge is -2.12. The zero-order chi connectivity index (χ0) is 15.7. The van der Waals surface area contributed by atoms with Crippen LogP contribution in [0, 0.1) is 0 Å². The number of likely N-dealkylation sites (N-methyl/N-ethyl adjacent to an activating group) is 1. The average molecular weight is 360 g/mol. The fraction of sp³-hybridized carbons (Fsp3) is 0.278. The maximum absolute atomic E-state index is 12.6. The number of benzene rings is 2. The van der Waals surface area contributed by atoms with Gasteiger partial charge in [-0.05, 0) is 54.8 Å². The van der Waals surface area contributed by atoms with E-state index in [1.165, 1.54) is 0 Å². The van der Waals surface area contributed by atoms with E-state index in [4.69, 9.17) is 4.74 Å². The molecule has 2 aromatic carbocycles. The minimum atomic E-state index is -0.130. The van der Waals surface area contributed by atoms with Crippen LogP contribution >= 0.6 is 15.9 Å². The quantitative estimate of drug-likeness (QED) is 0.820. The molecule has 22 heavy (non-hydrogen) atoms. The lowest BCUT2D eigenvalue weighted by atomic mass is 9.93. The lowest BCUT2D eigenvalue weighted by Crippen LogP contribution is -2.24. The van der Waals surface area contributed by atoms with Crippen LogP contribution < -0.4 is 9.64 Å². The van der Waals surface area contributed by atoms with Gasteiger partial charge in [-0.1, -0.05) is 28.1 Å². The van der Waals surface area contributed by atoms with Crippen LogP contribution in [0.4, 0.5) is 5.69 Å². The molecule has 0 spiro atoms. The van der Waals surface area contributed by atoms with Gasteiger partial charge >= 0.3 is 0 Å². The van der Waals surface area contributed by atoms with Gasteiger partial charge in [0.2, 0.25) is 5.91 Å². The summed E-state index contributed by atoms with van der Waals surface area (Å²) in [7, 11) is 1.84. The van der Waals surface area contributed by atoms with Gasteiger partial charge in [0.1, 0.15) is 5.75 Å². The molecule has 1 heterocycles. The van der Waals surface area contributed by atoms with Crippen LogP contribution in [-0.2, 0) is 11.2 Å². The molecule has 0 saturated heterocycles. The smallest absolute Gasteiger partial charge is 0.234 e. The third-order valence-electron chi connectivity index (χ3n) is 4.00. The van der Waals surface area contributed by atoms with Crippen molar-refractivity contribution < 1.29 is 9.53 Å². The van der Waals surface area contributed by atoms with Crippen LogP contribution in [0.15, 0.2) is 46.9 Å². The number of anilines is 1. The van der Waals surface area contributed by atoms with E-state index in [2.05, 4.69) is 15.9 Å². The van der Waals surface area contributed by atoms with Crippen LogP contribution in [0.5, 0.6) is 5.75 Å². The molecule has 0 fully saturated rings. The molecule has 0 radical (unpaired) electrons. The highest BCUT2D eigenvalue weighted by Crippen LogP contribution is 2.39. The van der Waals surface area contributed by atoms with Crippen molar-refractivity contribution in [3.05, 3.63) is 58.1 Å². The van der Waals surface area contributed by atoms with Gasteiger partial charge in [0, 0.05) is 17.2 Å². The third kappa shape index (κ3) is 2.75. The van der Waals surface area contributed by atoms with E-state index >= 15 is 0 Å². The SMILES string of the molecule is CCOc1cccc(CC2C(=O)N(C)c3ccc(Br)cc32)c1. The number of fused-ring (bicyclic) bond motifs is 1. The Bertz CT molecular complexity index is 714. The van der Waals surface area contributed by atoms with Crippen molar-refractivity contribution in [3.63, 3.8) is 0 Å². The van der Waals surface area contributed by atoms with Crippen molar-refractivity contribution in [2.45, 2.75) is 19.3 Å². The monoisotopic (exact) mass is 359 g/mol. The maximum atomic E-state index is 12.6. The summed E-state index contributed by atoms with van der Waals surface area (Å²) in [5, 5.41) is 0. The number of rotatable bonds is 4. The number of amides is 1. The molecular weight excluding hydrogens is 342 g/mol. The fourth-order valence-electron chi connectivity index (χ4n) is 2.96. The van der Waals surface area contributed by atoms with Gasteiger partial charge in [-0.15, -0.1) is 0 Å². The number of halogens is 1. The van der Waals surface area contributed by atoms with Crippen molar-refractivity contribution in [1.29, 1.82) is 0 Å². The summed E-state index contributed by atoms with van der Waals surface area (Å²) in [5.74, 6) is 0.873. The van der Waals surface area contributed by atoms with Gasteiger partial charge < -0.3 is 9.64 Å². The van der Waals surface area contributed by atoms with E-state index < -0.39 is 0 Å². The minimum absolute atomic E-state index is 0.130. The Balaban J connectivity index is 1.91. The second-order valence-electron chi connectivity index (χ2n) is 5.44. The van der Waals surface area contributed by atoms with E-state index in [0.29, 0.717) is 13.0 Å². The highest BCUT2D eigenvalue weighted by molar-refractivity contribution is 9.10. The Labute approximate surface area is 139 Å². The molecule has 114 valence electrons. The van der Waals surface area contributed by atoms with Crippen LogP contribution in [0.3, 0.4) is 0 Å². The molecule has 0 aromatic heterocycles. The van der Waals surface area contributed by atoms with Crippen LogP contribution in [0.1, 0.15) is 24.0 Å². The summed E-state index contributed by atoms with van der Waals surface area (Å²) in [6.45, 7) is 2.61. The molecule has 1 atom stereocenters. The summed E-state index contributed by atoms with van der Waals surface area (Å²) in [4.78, 5) is 14.3. The van der Waals surface area contributed by atoms with Gasteiger partial charge in [0.25, 0.3) is 0 Å². The standard InChI is InChI=1S/C18H18BrNO2/c1-3-22-14-6-4-5-12(9-14)10-16-15-11-13(19)7-8-17(15)20(2)18(16)21/h4-9,11,16H,3,10H2,1-2H3. The molecule has 1 amide bonds. The molecule has 0 aliphatic carbocycles. The molecule has 3 nitrogen and oxygen atoms in total. The number of hydrogen-bond acceptors (Lipinski definition) is 2. The van der Waals surface area contributed by atoms with Gasteiger partial charge in [0.15, 0.2) is 0 Å². The van der Waals surface area contributed by atoms with Gasteiger partial charge in [-0.3, -0.25) is 4.79 Å². The summed E-state index contributed by atoms with van der Waals surface area (Å²) in [6.07, 6.45) is 0.688. The van der Waals surface area contributed by atoms with Gasteiger partial charge in [-0.2, -0.15) is 0 Å². The van der Waals surface area contributed by atoms with Crippen molar-refractivity contribution in [1.82, 2.24) is 0 Å². The topological polar surface area (TPSA) is 29.5 Å². The molecular formula is C18H18BrNO2. The molecule has 1 aliphatic rings. The number of ether oxygens (including phenoxy) is 1. The second-order valence-corrected chi connectivity index (χ2v) is 6.35. The summed E-state index contributed by atoms with van der Waals surface area (Å²) in [5.41, 5.74) is 3.20. The Morgan fingerprint density at radius 3 is 2.82 bits per heavy atom. The van der Waals surface area contributed by atoms with E-state index in [9.17, 15) is 4.79 Å². The van der Waals surface area contributed by atoms with Crippen molar-refractivity contribution >= 4 is 27.5 Å².